The molecule has 0 radical (unpaired) electrons. The number of aromatic nitrogens is 2. The molecule has 0 fully saturated rings. The second-order valence-electron chi connectivity index (χ2n) is 4.41. The normalized spacial score (nSPS) is 10.8. The van der Waals surface area contributed by atoms with Gasteiger partial charge in [0.05, 0.1) is 30.1 Å². The SMILES string of the molecule is COc1cc2nc(-c3cc(C)ccn3)sc2cc1OC. The molecule has 102 valence electrons. The molecule has 1 aromatic carbocycles. The van der Waals surface area contributed by atoms with Crippen LogP contribution in [-0.2, 0) is 0 Å². The molecule has 5 heteroatoms. The van der Waals surface area contributed by atoms with Crippen LogP contribution in [-0.4, -0.2) is 24.2 Å². The van der Waals surface area contributed by atoms with Crippen molar-refractivity contribution in [3.8, 4) is 22.2 Å². The van der Waals surface area contributed by atoms with E-state index >= 15 is 0 Å². The fourth-order valence-corrected chi connectivity index (χ4v) is 2.96. The van der Waals surface area contributed by atoms with Gasteiger partial charge in [-0.25, -0.2) is 4.98 Å². The van der Waals surface area contributed by atoms with Crippen LogP contribution in [0.1, 0.15) is 5.56 Å². The third-order valence-corrected chi connectivity index (χ3v) is 4.07. The third kappa shape index (κ3) is 2.20. The van der Waals surface area contributed by atoms with Crippen molar-refractivity contribution in [2.45, 2.75) is 6.92 Å². The Kier molecular flexibility index (Phi) is 3.28. The molecule has 0 unspecified atom stereocenters. The van der Waals surface area contributed by atoms with E-state index in [1.54, 1.807) is 31.8 Å². The van der Waals surface area contributed by atoms with Crippen LogP contribution in [0.3, 0.4) is 0 Å². The van der Waals surface area contributed by atoms with Crippen molar-refractivity contribution in [1.29, 1.82) is 0 Å². The number of hydrogen-bond donors (Lipinski definition) is 0. The van der Waals surface area contributed by atoms with E-state index in [0.29, 0.717) is 11.5 Å². The van der Waals surface area contributed by atoms with Crippen LogP contribution in [0.2, 0.25) is 0 Å². The molecule has 0 aliphatic rings. The minimum atomic E-state index is 0.689. The van der Waals surface area contributed by atoms with Gasteiger partial charge in [-0.05, 0) is 24.6 Å². The van der Waals surface area contributed by atoms with Crippen molar-refractivity contribution in [2.75, 3.05) is 14.2 Å². The number of aryl methyl sites for hydroxylation is 1. The first-order valence-corrected chi connectivity index (χ1v) is 6.98. The van der Waals surface area contributed by atoms with Crippen molar-refractivity contribution in [1.82, 2.24) is 9.97 Å². The Hall–Kier alpha value is -2.14. The number of nitrogens with zero attached hydrogens (tertiary/aromatic N) is 2. The lowest BCUT2D eigenvalue weighted by Gasteiger charge is -2.05. The molecule has 0 atom stereocenters. The summed E-state index contributed by atoms with van der Waals surface area (Å²) in [6, 6.07) is 7.85. The van der Waals surface area contributed by atoms with Crippen LogP contribution in [0.4, 0.5) is 0 Å². The number of rotatable bonds is 3. The van der Waals surface area contributed by atoms with Gasteiger partial charge < -0.3 is 9.47 Å². The lowest BCUT2D eigenvalue weighted by molar-refractivity contribution is 0.356. The monoisotopic (exact) mass is 286 g/mol. The summed E-state index contributed by atoms with van der Waals surface area (Å²) < 4.78 is 11.7. The fraction of sp³-hybridized carbons (Fsp3) is 0.200. The Morgan fingerprint density at radius 2 is 1.80 bits per heavy atom. The van der Waals surface area contributed by atoms with E-state index in [1.165, 1.54) is 5.56 Å². The van der Waals surface area contributed by atoms with Gasteiger partial charge >= 0.3 is 0 Å². The van der Waals surface area contributed by atoms with Crippen LogP contribution in [0, 0.1) is 6.92 Å². The molecule has 0 N–H and O–H groups in total. The van der Waals surface area contributed by atoms with E-state index in [-0.39, 0.29) is 0 Å². The van der Waals surface area contributed by atoms with E-state index in [4.69, 9.17) is 9.47 Å². The molecule has 0 amide bonds. The van der Waals surface area contributed by atoms with Gasteiger partial charge in [0.15, 0.2) is 11.5 Å². The van der Waals surface area contributed by atoms with Gasteiger partial charge in [-0.15, -0.1) is 11.3 Å². The van der Waals surface area contributed by atoms with Gasteiger partial charge in [0, 0.05) is 18.3 Å². The van der Waals surface area contributed by atoms with E-state index in [0.717, 1.165) is 20.9 Å². The molecular weight excluding hydrogens is 272 g/mol. The van der Waals surface area contributed by atoms with E-state index < -0.39 is 0 Å². The van der Waals surface area contributed by atoms with Gasteiger partial charge in [0.1, 0.15) is 5.01 Å². The maximum Gasteiger partial charge on any atom is 0.162 e. The summed E-state index contributed by atoms with van der Waals surface area (Å²) in [5, 5.41) is 0.902. The Balaban J connectivity index is 2.15. The molecule has 0 aliphatic carbocycles. The number of thiazole rings is 1. The summed E-state index contributed by atoms with van der Waals surface area (Å²) in [7, 11) is 3.26. The van der Waals surface area contributed by atoms with Crippen molar-refractivity contribution in [3.63, 3.8) is 0 Å². The van der Waals surface area contributed by atoms with Crippen molar-refractivity contribution in [2.24, 2.45) is 0 Å². The maximum absolute atomic E-state index is 5.32. The first kappa shape index (κ1) is 12.9. The summed E-state index contributed by atoms with van der Waals surface area (Å²) in [5.74, 6) is 1.40. The molecule has 3 rings (SSSR count). The van der Waals surface area contributed by atoms with Crippen molar-refractivity contribution in [3.05, 3.63) is 36.0 Å². The van der Waals surface area contributed by atoms with Gasteiger partial charge in [-0.1, -0.05) is 0 Å². The summed E-state index contributed by atoms with van der Waals surface area (Å²) in [6.07, 6.45) is 1.80. The van der Waals surface area contributed by atoms with Gasteiger partial charge in [-0.2, -0.15) is 0 Å². The predicted octanol–water partition coefficient (Wildman–Crippen LogP) is 3.68. The summed E-state index contributed by atoms with van der Waals surface area (Å²) in [5.41, 5.74) is 2.96. The van der Waals surface area contributed by atoms with Crippen LogP contribution in [0.25, 0.3) is 20.9 Å². The van der Waals surface area contributed by atoms with E-state index in [1.807, 2.05) is 31.2 Å². The zero-order valence-electron chi connectivity index (χ0n) is 11.5. The molecule has 0 aliphatic heterocycles. The van der Waals surface area contributed by atoms with Crippen LogP contribution in [0.15, 0.2) is 30.5 Å². The third-order valence-electron chi connectivity index (χ3n) is 3.03. The van der Waals surface area contributed by atoms with Crippen molar-refractivity contribution < 1.29 is 9.47 Å². The van der Waals surface area contributed by atoms with Gasteiger partial charge in [-0.3, -0.25) is 4.98 Å². The fourth-order valence-electron chi connectivity index (χ4n) is 2.02. The topological polar surface area (TPSA) is 44.2 Å². The van der Waals surface area contributed by atoms with Gasteiger partial charge in [0.25, 0.3) is 0 Å². The standard InChI is InChI=1S/C15H14N2O2S/c1-9-4-5-16-11(6-9)15-17-10-7-12(18-2)13(19-3)8-14(10)20-15/h4-8H,1-3H3. The highest BCUT2D eigenvalue weighted by molar-refractivity contribution is 7.21. The molecule has 2 aromatic heterocycles. The Morgan fingerprint density at radius 1 is 1.05 bits per heavy atom. The number of methoxy groups -OCH3 is 2. The van der Waals surface area contributed by atoms with E-state index in [9.17, 15) is 0 Å². The minimum absolute atomic E-state index is 0.689. The van der Waals surface area contributed by atoms with Crippen LogP contribution < -0.4 is 9.47 Å². The highest BCUT2D eigenvalue weighted by atomic mass is 32.1. The summed E-state index contributed by atoms with van der Waals surface area (Å²) in [6.45, 7) is 2.05. The summed E-state index contributed by atoms with van der Waals surface area (Å²) >= 11 is 1.60. The lowest BCUT2D eigenvalue weighted by Crippen LogP contribution is -1.89. The maximum atomic E-state index is 5.32. The molecule has 0 saturated heterocycles. The van der Waals surface area contributed by atoms with E-state index in [2.05, 4.69) is 9.97 Å². The second kappa shape index (κ2) is 5.09. The molecule has 2 heterocycles. The molecule has 4 nitrogen and oxygen atoms in total. The van der Waals surface area contributed by atoms with Crippen molar-refractivity contribution >= 4 is 21.6 Å². The lowest BCUT2D eigenvalue weighted by atomic mass is 10.2. The Morgan fingerprint density at radius 3 is 2.50 bits per heavy atom. The Bertz CT molecular complexity index is 727. The summed E-state index contributed by atoms with van der Waals surface area (Å²) in [4.78, 5) is 9.00. The smallest absolute Gasteiger partial charge is 0.162 e. The number of fused-ring (bicyclic) bond motifs is 1. The zero-order valence-corrected chi connectivity index (χ0v) is 12.3. The molecular formula is C15H14N2O2S. The average Bonchev–Trinajstić information content (AvgIpc) is 2.88. The molecule has 0 saturated carbocycles. The number of hydrogen-bond acceptors (Lipinski definition) is 5. The molecule has 20 heavy (non-hydrogen) atoms. The first-order valence-electron chi connectivity index (χ1n) is 6.17. The number of benzene rings is 1. The Labute approximate surface area is 121 Å². The average molecular weight is 286 g/mol. The second-order valence-corrected chi connectivity index (χ2v) is 5.44. The molecule has 3 aromatic rings. The number of pyridine rings is 1. The van der Waals surface area contributed by atoms with Gasteiger partial charge in [0.2, 0.25) is 0 Å². The highest BCUT2D eigenvalue weighted by Crippen LogP contribution is 2.37. The zero-order chi connectivity index (χ0) is 14.1. The number of ether oxygens (including phenoxy) is 2. The largest absolute Gasteiger partial charge is 0.493 e. The van der Waals surface area contributed by atoms with Crippen LogP contribution in [0.5, 0.6) is 11.5 Å². The molecule has 0 bridgehead atoms. The van der Waals surface area contributed by atoms with Crippen LogP contribution >= 0.6 is 11.3 Å². The highest BCUT2D eigenvalue weighted by Gasteiger charge is 2.12. The minimum Gasteiger partial charge on any atom is -0.493 e. The molecule has 0 spiro atoms. The predicted molar refractivity (Wildman–Crippen MR) is 80.7 cm³/mol. The quantitative estimate of drug-likeness (QED) is 0.736. The first-order chi connectivity index (χ1) is 9.71.